The van der Waals surface area contributed by atoms with E-state index in [-0.39, 0.29) is 6.04 Å². The molecule has 0 saturated carbocycles. The molecule has 0 amide bonds. The molecular weight excluding hydrogens is 258 g/mol. The SMILES string of the molecule is COCCc1nc(Br)c2n1CCC(N)C2. The Morgan fingerprint density at radius 1 is 1.67 bits per heavy atom. The summed E-state index contributed by atoms with van der Waals surface area (Å²) in [5, 5.41) is 0. The van der Waals surface area contributed by atoms with Crippen molar-refractivity contribution in [2.24, 2.45) is 5.73 Å². The molecule has 0 aliphatic carbocycles. The molecule has 1 aliphatic heterocycles. The fraction of sp³-hybridized carbons (Fsp3) is 0.700. The maximum atomic E-state index is 5.94. The van der Waals surface area contributed by atoms with Gasteiger partial charge in [0, 0.05) is 32.5 Å². The van der Waals surface area contributed by atoms with Crippen molar-refractivity contribution in [2.75, 3.05) is 13.7 Å². The van der Waals surface area contributed by atoms with Crippen LogP contribution >= 0.6 is 15.9 Å². The third-order valence-electron chi connectivity index (χ3n) is 2.81. The van der Waals surface area contributed by atoms with E-state index < -0.39 is 0 Å². The number of nitrogens with zero attached hydrogens (tertiary/aromatic N) is 2. The van der Waals surface area contributed by atoms with Gasteiger partial charge in [-0.2, -0.15) is 0 Å². The molecular formula is C10H16BrN3O. The number of ether oxygens (including phenoxy) is 1. The lowest BCUT2D eigenvalue weighted by atomic mass is 10.1. The van der Waals surface area contributed by atoms with Crippen LogP contribution in [0.3, 0.4) is 0 Å². The van der Waals surface area contributed by atoms with E-state index in [1.165, 1.54) is 5.69 Å². The molecule has 0 bridgehead atoms. The van der Waals surface area contributed by atoms with Crippen LogP contribution in [0.15, 0.2) is 4.60 Å². The predicted octanol–water partition coefficient (Wildman–Crippen LogP) is 1.11. The molecule has 1 aromatic rings. The zero-order valence-corrected chi connectivity index (χ0v) is 10.5. The van der Waals surface area contributed by atoms with E-state index in [9.17, 15) is 0 Å². The smallest absolute Gasteiger partial charge is 0.127 e. The van der Waals surface area contributed by atoms with Gasteiger partial charge in [0.1, 0.15) is 10.4 Å². The summed E-state index contributed by atoms with van der Waals surface area (Å²) in [6.07, 6.45) is 2.82. The summed E-state index contributed by atoms with van der Waals surface area (Å²) in [6, 6.07) is 0.278. The van der Waals surface area contributed by atoms with E-state index >= 15 is 0 Å². The van der Waals surface area contributed by atoms with Gasteiger partial charge in [-0.1, -0.05) is 0 Å². The van der Waals surface area contributed by atoms with Gasteiger partial charge in [0.2, 0.25) is 0 Å². The van der Waals surface area contributed by atoms with E-state index in [4.69, 9.17) is 10.5 Å². The normalized spacial score (nSPS) is 20.3. The van der Waals surface area contributed by atoms with Crippen LogP contribution < -0.4 is 5.73 Å². The van der Waals surface area contributed by atoms with Gasteiger partial charge < -0.3 is 15.0 Å². The van der Waals surface area contributed by atoms with Crippen molar-refractivity contribution >= 4 is 15.9 Å². The van der Waals surface area contributed by atoms with Gasteiger partial charge in [0.15, 0.2) is 0 Å². The van der Waals surface area contributed by atoms with E-state index in [2.05, 4.69) is 25.5 Å². The Morgan fingerprint density at radius 2 is 2.47 bits per heavy atom. The van der Waals surface area contributed by atoms with Gasteiger partial charge in [0.25, 0.3) is 0 Å². The molecule has 1 aliphatic rings. The first-order chi connectivity index (χ1) is 7.22. The highest BCUT2D eigenvalue weighted by atomic mass is 79.9. The van der Waals surface area contributed by atoms with Crippen LogP contribution in [0.2, 0.25) is 0 Å². The summed E-state index contributed by atoms with van der Waals surface area (Å²) in [6.45, 7) is 1.70. The second kappa shape index (κ2) is 4.63. The Kier molecular flexibility index (Phi) is 3.43. The van der Waals surface area contributed by atoms with Crippen molar-refractivity contribution in [3.05, 3.63) is 16.1 Å². The summed E-state index contributed by atoms with van der Waals surface area (Å²) in [7, 11) is 1.71. The number of halogens is 1. The van der Waals surface area contributed by atoms with Crippen molar-refractivity contribution in [1.29, 1.82) is 0 Å². The molecule has 2 heterocycles. The van der Waals surface area contributed by atoms with Crippen LogP contribution in [0.1, 0.15) is 17.9 Å². The molecule has 0 saturated heterocycles. The molecule has 0 fully saturated rings. The Labute approximate surface area is 97.9 Å². The fourth-order valence-corrected chi connectivity index (χ4v) is 2.57. The minimum atomic E-state index is 0.278. The van der Waals surface area contributed by atoms with Gasteiger partial charge in [-0.15, -0.1) is 0 Å². The summed E-state index contributed by atoms with van der Waals surface area (Å²) >= 11 is 3.49. The number of rotatable bonds is 3. The monoisotopic (exact) mass is 273 g/mol. The largest absolute Gasteiger partial charge is 0.384 e. The van der Waals surface area contributed by atoms with Crippen molar-refractivity contribution < 1.29 is 4.74 Å². The molecule has 2 N–H and O–H groups in total. The average molecular weight is 274 g/mol. The number of hydrogen-bond donors (Lipinski definition) is 1. The number of imidazole rings is 1. The number of aromatic nitrogens is 2. The fourth-order valence-electron chi connectivity index (χ4n) is 1.99. The highest BCUT2D eigenvalue weighted by Gasteiger charge is 2.22. The molecule has 5 heteroatoms. The summed E-state index contributed by atoms with van der Waals surface area (Å²) in [4.78, 5) is 4.51. The van der Waals surface area contributed by atoms with Crippen molar-refractivity contribution in [1.82, 2.24) is 9.55 Å². The Hall–Kier alpha value is -0.390. The minimum Gasteiger partial charge on any atom is -0.384 e. The minimum absolute atomic E-state index is 0.278. The zero-order valence-electron chi connectivity index (χ0n) is 8.87. The zero-order chi connectivity index (χ0) is 10.8. The number of hydrogen-bond acceptors (Lipinski definition) is 3. The summed E-state index contributed by atoms with van der Waals surface area (Å²) < 4.78 is 8.29. The lowest BCUT2D eigenvalue weighted by Gasteiger charge is -2.22. The summed E-state index contributed by atoms with van der Waals surface area (Å²) in [5.74, 6) is 1.10. The quantitative estimate of drug-likeness (QED) is 0.898. The van der Waals surface area contributed by atoms with Gasteiger partial charge in [-0.3, -0.25) is 0 Å². The lowest BCUT2D eigenvalue weighted by Crippen LogP contribution is -2.31. The van der Waals surface area contributed by atoms with E-state index in [1.54, 1.807) is 7.11 Å². The van der Waals surface area contributed by atoms with E-state index in [0.717, 1.165) is 42.8 Å². The van der Waals surface area contributed by atoms with Crippen LogP contribution in [-0.2, 0) is 24.1 Å². The van der Waals surface area contributed by atoms with Crippen molar-refractivity contribution in [2.45, 2.75) is 31.8 Å². The Balaban J connectivity index is 2.23. The Bertz CT molecular complexity index is 351. The molecule has 0 spiro atoms. The summed E-state index contributed by atoms with van der Waals surface area (Å²) in [5.41, 5.74) is 7.18. The predicted molar refractivity (Wildman–Crippen MR) is 61.8 cm³/mol. The van der Waals surface area contributed by atoms with Crippen LogP contribution in [-0.4, -0.2) is 29.3 Å². The first-order valence-corrected chi connectivity index (χ1v) is 6.00. The van der Waals surface area contributed by atoms with Crippen LogP contribution in [0.25, 0.3) is 0 Å². The highest BCUT2D eigenvalue weighted by molar-refractivity contribution is 9.10. The van der Waals surface area contributed by atoms with Crippen molar-refractivity contribution in [3.63, 3.8) is 0 Å². The third-order valence-corrected chi connectivity index (χ3v) is 3.45. The maximum absolute atomic E-state index is 5.94. The van der Waals surface area contributed by atoms with Crippen LogP contribution in [0, 0.1) is 0 Å². The number of fused-ring (bicyclic) bond motifs is 1. The molecule has 1 aromatic heterocycles. The average Bonchev–Trinajstić information content (AvgIpc) is 2.53. The lowest BCUT2D eigenvalue weighted by molar-refractivity contribution is 0.199. The molecule has 1 unspecified atom stereocenters. The first-order valence-electron chi connectivity index (χ1n) is 5.20. The molecule has 0 radical (unpaired) electrons. The number of methoxy groups -OCH3 is 1. The third kappa shape index (κ3) is 2.24. The molecule has 2 rings (SSSR count). The topological polar surface area (TPSA) is 53.1 Å². The first kappa shape index (κ1) is 11.1. The highest BCUT2D eigenvalue weighted by Crippen LogP contribution is 2.24. The molecule has 1 atom stereocenters. The Morgan fingerprint density at radius 3 is 3.20 bits per heavy atom. The van der Waals surface area contributed by atoms with Gasteiger partial charge in [0.05, 0.1) is 12.3 Å². The number of nitrogens with two attached hydrogens (primary N) is 1. The van der Waals surface area contributed by atoms with Gasteiger partial charge in [-0.05, 0) is 22.4 Å². The second-order valence-corrected chi connectivity index (χ2v) is 4.66. The standard InChI is InChI=1S/C10H16BrN3O/c1-15-5-3-9-13-10(11)8-6-7(12)2-4-14(8)9/h7H,2-6,12H2,1H3. The molecule has 15 heavy (non-hydrogen) atoms. The van der Waals surface area contributed by atoms with Gasteiger partial charge in [-0.25, -0.2) is 4.98 Å². The second-order valence-electron chi connectivity index (χ2n) is 3.91. The molecule has 4 nitrogen and oxygen atoms in total. The van der Waals surface area contributed by atoms with Crippen molar-refractivity contribution in [3.8, 4) is 0 Å². The molecule has 0 aromatic carbocycles. The van der Waals surface area contributed by atoms with E-state index in [1.807, 2.05) is 0 Å². The molecule has 84 valence electrons. The van der Waals surface area contributed by atoms with Crippen LogP contribution in [0.5, 0.6) is 0 Å². The van der Waals surface area contributed by atoms with Crippen LogP contribution in [0.4, 0.5) is 0 Å². The van der Waals surface area contributed by atoms with Gasteiger partial charge >= 0.3 is 0 Å². The van der Waals surface area contributed by atoms with E-state index in [0.29, 0.717) is 0 Å². The maximum Gasteiger partial charge on any atom is 0.127 e.